The summed E-state index contributed by atoms with van der Waals surface area (Å²) in [5, 5.41) is 4.83. The summed E-state index contributed by atoms with van der Waals surface area (Å²) < 4.78 is 2.62. The monoisotopic (exact) mass is 285 g/mol. The van der Waals surface area contributed by atoms with Crippen molar-refractivity contribution in [3.63, 3.8) is 0 Å². The molecule has 15 heavy (non-hydrogen) atoms. The molecule has 0 amide bonds. The Morgan fingerprint density at radius 3 is 2.87 bits per heavy atom. The van der Waals surface area contributed by atoms with E-state index >= 15 is 0 Å². The summed E-state index contributed by atoms with van der Waals surface area (Å²) in [4.78, 5) is 0. The van der Waals surface area contributed by atoms with Gasteiger partial charge in [0, 0.05) is 12.7 Å². The minimum atomic E-state index is 0.438. The molecule has 2 N–H and O–H groups in total. The van der Waals surface area contributed by atoms with Crippen LogP contribution in [0.1, 0.15) is 5.56 Å². The van der Waals surface area contributed by atoms with Gasteiger partial charge in [-0.1, -0.05) is 23.7 Å². The van der Waals surface area contributed by atoms with E-state index in [0.29, 0.717) is 11.6 Å². The summed E-state index contributed by atoms with van der Waals surface area (Å²) in [5.74, 6) is 0. The van der Waals surface area contributed by atoms with Crippen molar-refractivity contribution in [3.8, 4) is 5.69 Å². The van der Waals surface area contributed by atoms with Gasteiger partial charge in [0.2, 0.25) is 0 Å². The molecule has 1 aromatic carbocycles. The molecule has 0 saturated heterocycles. The van der Waals surface area contributed by atoms with Crippen LogP contribution in [-0.2, 0) is 6.54 Å². The molecule has 2 rings (SSSR count). The number of halogens is 2. The van der Waals surface area contributed by atoms with Crippen LogP contribution in [0.4, 0.5) is 0 Å². The Labute approximate surface area is 101 Å². The molecule has 0 aliphatic carbocycles. The van der Waals surface area contributed by atoms with Crippen LogP contribution in [-0.4, -0.2) is 9.78 Å². The topological polar surface area (TPSA) is 43.8 Å². The highest BCUT2D eigenvalue weighted by molar-refractivity contribution is 9.10. The molecule has 0 aliphatic heterocycles. The summed E-state index contributed by atoms with van der Waals surface area (Å²) in [5.41, 5.74) is 7.46. The Morgan fingerprint density at radius 2 is 2.27 bits per heavy atom. The molecule has 5 heteroatoms. The largest absolute Gasteiger partial charge is 0.326 e. The molecule has 0 aliphatic rings. The standard InChI is InChI=1S/C10H9BrClN3/c11-8-5-14-15(6-8)10-7(4-13)2-1-3-9(10)12/h1-3,5-6H,4,13H2. The lowest BCUT2D eigenvalue weighted by molar-refractivity contribution is 0.858. The number of nitrogens with zero attached hydrogens (tertiary/aromatic N) is 2. The van der Waals surface area contributed by atoms with E-state index in [-0.39, 0.29) is 0 Å². The van der Waals surface area contributed by atoms with Gasteiger partial charge in [0.15, 0.2) is 0 Å². The highest BCUT2D eigenvalue weighted by Gasteiger charge is 2.08. The number of hydrogen-bond donors (Lipinski definition) is 1. The number of rotatable bonds is 2. The van der Waals surface area contributed by atoms with Crippen LogP contribution in [0.3, 0.4) is 0 Å². The maximum atomic E-state index is 6.12. The first-order chi connectivity index (χ1) is 7.22. The second kappa shape index (κ2) is 4.35. The lowest BCUT2D eigenvalue weighted by Crippen LogP contribution is -2.05. The fraction of sp³-hybridized carbons (Fsp3) is 0.100. The van der Waals surface area contributed by atoms with E-state index < -0.39 is 0 Å². The van der Waals surface area contributed by atoms with E-state index in [9.17, 15) is 0 Å². The van der Waals surface area contributed by atoms with Crippen LogP contribution >= 0.6 is 27.5 Å². The van der Waals surface area contributed by atoms with Gasteiger partial charge >= 0.3 is 0 Å². The molecule has 1 aromatic heterocycles. The molecule has 1 heterocycles. The third-order valence-electron chi connectivity index (χ3n) is 2.07. The molecule has 0 radical (unpaired) electrons. The molecule has 0 atom stereocenters. The van der Waals surface area contributed by atoms with Crippen molar-refractivity contribution >= 4 is 27.5 Å². The quantitative estimate of drug-likeness (QED) is 0.922. The smallest absolute Gasteiger partial charge is 0.0877 e. The molecule has 3 nitrogen and oxygen atoms in total. The fourth-order valence-corrected chi connectivity index (χ4v) is 1.97. The zero-order valence-electron chi connectivity index (χ0n) is 7.82. The maximum Gasteiger partial charge on any atom is 0.0877 e. The van der Waals surface area contributed by atoms with Crippen molar-refractivity contribution in [2.45, 2.75) is 6.54 Å². The van der Waals surface area contributed by atoms with E-state index in [1.807, 2.05) is 24.4 Å². The van der Waals surface area contributed by atoms with Gasteiger partial charge in [0.05, 0.1) is 21.4 Å². The van der Waals surface area contributed by atoms with E-state index in [4.69, 9.17) is 17.3 Å². The van der Waals surface area contributed by atoms with Gasteiger partial charge in [0.25, 0.3) is 0 Å². The number of para-hydroxylation sites is 1. The van der Waals surface area contributed by atoms with Gasteiger partial charge in [-0.2, -0.15) is 5.10 Å². The van der Waals surface area contributed by atoms with E-state index in [1.54, 1.807) is 10.9 Å². The van der Waals surface area contributed by atoms with Gasteiger partial charge in [-0.3, -0.25) is 0 Å². The first-order valence-electron chi connectivity index (χ1n) is 4.40. The predicted octanol–water partition coefficient (Wildman–Crippen LogP) is 2.75. The van der Waals surface area contributed by atoms with Crippen LogP contribution in [0.25, 0.3) is 5.69 Å². The molecule has 0 unspecified atom stereocenters. The zero-order chi connectivity index (χ0) is 10.8. The second-order valence-electron chi connectivity index (χ2n) is 3.05. The predicted molar refractivity (Wildman–Crippen MR) is 64.2 cm³/mol. The van der Waals surface area contributed by atoms with Crippen molar-refractivity contribution in [2.24, 2.45) is 5.73 Å². The highest BCUT2D eigenvalue weighted by atomic mass is 79.9. The molecular formula is C10H9BrClN3. The Balaban J connectivity index is 2.60. The lowest BCUT2D eigenvalue weighted by atomic mass is 10.2. The number of benzene rings is 1. The van der Waals surface area contributed by atoms with Crippen molar-refractivity contribution in [1.82, 2.24) is 9.78 Å². The minimum absolute atomic E-state index is 0.438. The van der Waals surface area contributed by atoms with Crippen molar-refractivity contribution in [3.05, 3.63) is 45.7 Å². The Hall–Kier alpha value is -0.840. The summed E-state index contributed by atoms with van der Waals surface area (Å²) in [6.07, 6.45) is 3.56. The first kappa shape index (κ1) is 10.7. The zero-order valence-corrected chi connectivity index (χ0v) is 10.2. The van der Waals surface area contributed by atoms with Crippen molar-refractivity contribution < 1.29 is 0 Å². The van der Waals surface area contributed by atoms with E-state index in [2.05, 4.69) is 21.0 Å². The maximum absolute atomic E-state index is 6.12. The summed E-state index contributed by atoms with van der Waals surface area (Å²) in [6, 6.07) is 5.65. The van der Waals surface area contributed by atoms with Crippen molar-refractivity contribution in [2.75, 3.05) is 0 Å². The SMILES string of the molecule is NCc1cccc(Cl)c1-n1cc(Br)cn1. The van der Waals surface area contributed by atoms with Crippen LogP contribution < -0.4 is 5.73 Å². The van der Waals surface area contributed by atoms with Crippen LogP contribution in [0.2, 0.25) is 5.02 Å². The Morgan fingerprint density at radius 1 is 1.47 bits per heavy atom. The third-order valence-corrected chi connectivity index (χ3v) is 2.78. The molecule has 0 fully saturated rings. The summed E-state index contributed by atoms with van der Waals surface area (Å²) in [7, 11) is 0. The van der Waals surface area contributed by atoms with Gasteiger partial charge in [-0.05, 0) is 27.6 Å². The normalized spacial score (nSPS) is 10.6. The molecule has 0 saturated carbocycles. The van der Waals surface area contributed by atoms with Gasteiger partial charge in [-0.25, -0.2) is 4.68 Å². The summed E-state index contributed by atoms with van der Waals surface area (Å²) >= 11 is 9.46. The minimum Gasteiger partial charge on any atom is -0.326 e. The first-order valence-corrected chi connectivity index (χ1v) is 5.57. The summed E-state index contributed by atoms with van der Waals surface area (Å²) in [6.45, 7) is 0.438. The average molecular weight is 287 g/mol. The van der Waals surface area contributed by atoms with Gasteiger partial charge in [0.1, 0.15) is 0 Å². The molecule has 78 valence electrons. The molecule has 0 spiro atoms. The molecular weight excluding hydrogens is 277 g/mol. The third kappa shape index (κ3) is 2.07. The number of nitrogens with two attached hydrogens (primary N) is 1. The fourth-order valence-electron chi connectivity index (χ4n) is 1.40. The molecule has 2 aromatic rings. The lowest BCUT2D eigenvalue weighted by Gasteiger charge is -2.09. The van der Waals surface area contributed by atoms with E-state index in [1.165, 1.54) is 0 Å². The van der Waals surface area contributed by atoms with Crippen molar-refractivity contribution in [1.29, 1.82) is 0 Å². The molecule has 0 bridgehead atoms. The second-order valence-corrected chi connectivity index (χ2v) is 4.38. The number of aromatic nitrogens is 2. The number of hydrogen-bond acceptors (Lipinski definition) is 2. The average Bonchev–Trinajstić information content (AvgIpc) is 2.64. The van der Waals surface area contributed by atoms with Crippen LogP contribution in [0.15, 0.2) is 35.1 Å². The Kier molecular flexibility index (Phi) is 3.09. The van der Waals surface area contributed by atoms with Gasteiger partial charge in [-0.15, -0.1) is 0 Å². The van der Waals surface area contributed by atoms with E-state index in [0.717, 1.165) is 15.7 Å². The highest BCUT2D eigenvalue weighted by Crippen LogP contribution is 2.24. The van der Waals surface area contributed by atoms with Crippen LogP contribution in [0, 0.1) is 0 Å². The Bertz CT molecular complexity index is 481. The van der Waals surface area contributed by atoms with Crippen LogP contribution in [0.5, 0.6) is 0 Å². The van der Waals surface area contributed by atoms with Gasteiger partial charge < -0.3 is 5.73 Å².